The van der Waals surface area contributed by atoms with Gasteiger partial charge in [0, 0.05) is 0 Å². The molecule has 6 heteroatoms. The van der Waals surface area contributed by atoms with E-state index >= 15 is 0 Å². The van der Waals surface area contributed by atoms with Gasteiger partial charge in [0.2, 0.25) is 0 Å². The summed E-state index contributed by atoms with van der Waals surface area (Å²) in [5.41, 5.74) is 1.24. The Morgan fingerprint density at radius 3 is 2.35 bits per heavy atom. The highest BCUT2D eigenvalue weighted by Gasteiger charge is 2.17. The molecule has 1 amide bonds. The zero-order valence-electron chi connectivity index (χ0n) is 12.8. The second-order valence-electron chi connectivity index (χ2n) is 4.94. The lowest BCUT2D eigenvalue weighted by Gasteiger charge is -2.16. The molecule has 0 aliphatic heterocycles. The zero-order chi connectivity index (χ0) is 16.8. The van der Waals surface area contributed by atoms with E-state index in [4.69, 9.17) is 4.74 Å². The van der Waals surface area contributed by atoms with Crippen LogP contribution in [0.2, 0.25) is 0 Å². The van der Waals surface area contributed by atoms with E-state index in [2.05, 4.69) is 10.1 Å². The van der Waals surface area contributed by atoms with Gasteiger partial charge < -0.3 is 14.8 Å². The molecule has 0 unspecified atom stereocenters. The fourth-order valence-corrected chi connectivity index (χ4v) is 1.88. The molecule has 0 radical (unpaired) electrons. The number of para-hydroxylation sites is 2. The number of aryl methyl sites for hydroxylation is 1. The normalized spacial score (nSPS) is 11.9. The van der Waals surface area contributed by atoms with E-state index in [9.17, 15) is 13.6 Å². The van der Waals surface area contributed by atoms with Crippen molar-refractivity contribution in [3.63, 3.8) is 0 Å². The summed E-state index contributed by atoms with van der Waals surface area (Å²) in [6, 6.07) is 13.2. The number of carbonyl (C=O) groups is 1. The Morgan fingerprint density at radius 2 is 1.70 bits per heavy atom. The van der Waals surface area contributed by atoms with Gasteiger partial charge in [-0.2, -0.15) is 8.78 Å². The Kier molecular flexibility index (Phi) is 5.51. The van der Waals surface area contributed by atoms with Crippen molar-refractivity contribution in [2.45, 2.75) is 26.6 Å². The lowest BCUT2D eigenvalue weighted by atomic mass is 10.2. The molecule has 0 spiro atoms. The molecule has 23 heavy (non-hydrogen) atoms. The summed E-state index contributed by atoms with van der Waals surface area (Å²) in [5, 5.41) is 2.53. The van der Waals surface area contributed by atoms with Crippen molar-refractivity contribution < 1.29 is 23.0 Å². The van der Waals surface area contributed by atoms with Crippen LogP contribution in [0.25, 0.3) is 0 Å². The highest BCUT2D eigenvalue weighted by atomic mass is 19.3. The summed E-state index contributed by atoms with van der Waals surface area (Å²) in [7, 11) is 0. The van der Waals surface area contributed by atoms with Gasteiger partial charge in [-0.25, -0.2) is 0 Å². The van der Waals surface area contributed by atoms with Crippen LogP contribution in [0.15, 0.2) is 48.5 Å². The Labute approximate surface area is 133 Å². The number of alkyl halides is 2. The smallest absolute Gasteiger partial charge is 0.387 e. The fraction of sp³-hybridized carbons (Fsp3) is 0.235. The summed E-state index contributed by atoms with van der Waals surface area (Å²) in [6.45, 7) is 0.556. The van der Waals surface area contributed by atoms with Crippen LogP contribution in [-0.2, 0) is 4.79 Å². The average Bonchev–Trinajstić information content (AvgIpc) is 2.51. The van der Waals surface area contributed by atoms with Crippen LogP contribution in [0.5, 0.6) is 11.5 Å². The number of rotatable bonds is 6. The van der Waals surface area contributed by atoms with Crippen LogP contribution in [0.1, 0.15) is 12.5 Å². The maximum atomic E-state index is 12.4. The van der Waals surface area contributed by atoms with Crippen molar-refractivity contribution >= 4 is 11.6 Å². The molecule has 1 atom stereocenters. The summed E-state index contributed by atoms with van der Waals surface area (Å²) in [4.78, 5) is 12.1. The molecule has 122 valence electrons. The van der Waals surface area contributed by atoms with Crippen molar-refractivity contribution in [1.82, 2.24) is 0 Å². The van der Waals surface area contributed by atoms with Gasteiger partial charge in [0.15, 0.2) is 6.10 Å². The maximum Gasteiger partial charge on any atom is 0.387 e. The first kappa shape index (κ1) is 16.7. The largest absolute Gasteiger partial charge is 0.481 e. The first-order chi connectivity index (χ1) is 11.0. The topological polar surface area (TPSA) is 47.6 Å². The van der Waals surface area contributed by atoms with E-state index in [1.165, 1.54) is 12.1 Å². The lowest BCUT2D eigenvalue weighted by Crippen LogP contribution is -2.30. The highest BCUT2D eigenvalue weighted by molar-refractivity contribution is 5.95. The van der Waals surface area contributed by atoms with E-state index < -0.39 is 18.6 Å². The lowest BCUT2D eigenvalue weighted by molar-refractivity contribution is -0.122. The molecular formula is C17H17F2NO3. The minimum absolute atomic E-state index is 0.0987. The molecular weight excluding hydrogens is 304 g/mol. The Bertz CT molecular complexity index is 659. The van der Waals surface area contributed by atoms with Crippen LogP contribution in [0, 0.1) is 6.92 Å². The van der Waals surface area contributed by atoms with Gasteiger partial charge in [0.05, 0.1) is 5.69 Å². The van der Waals surface area contributed by atoms with E-state index in [0.717, 1.165) is 5.56 Å². The van der Waals surface area contributed by atoms with Crippen molar-refractivity contribution in [2.24, 2.45) is 0 Å². The molecule has 2 rings (SSSR count). The molecule has 0 saturated heterocycles. The van der Waals surface area contributed by atoms with Gasteiger partial charge in [0.1, 0.15) is 11.5 Å². The van der Waals surface area contributed by atoms with Gasteiger partial charge in [-0.15, -0.1) is 0 Å². The van der Waals surface area contributed by atoms with Crippen LogP contribution < -0.4 is 14.8 Å². The fourth-order valence-electron chi connectivity index (χ4n) is 1.88. The molecule has 0 saturated carbocycles. The van der Waals surface area contributed by atoms with E-state index in [1.54, 1.807) is 31.2 Å². The predicted octanol–water partition coefficient (Wildman–Crippen LogP) is 4.00. The number of anilines is 1. The number of ether oxygens (including phenoxy) is 2. The van der Waals surface area contributed by atoms with Crippen molar-refractivity contribution in [3.05, 3.63) is 54.1 Å². The second kappa shape index (κ2) is 7.58. The molecule has 1 N–H and O–H groups in total. The minimum Gasteiger partial charge on any atom is -0.481 e. The Morgan fingerprint density at radius 1 is 1.04 bits per heavy atom. The molecule has 2 aromatic rings. The summed E-state index contributed by atoms with van der Waals surface area (Å²) in [6.07, 6.45) is -0.794. The van der Waals surface area contributed by atoms with Crippen molar-refractivity contribution in [2.75, 3.05) is 5.32 Å². The third-order valence-corrected chi connectivity index (χ3v) is 3.06. The van der Waals surface area contributed by atoms with Crippen LogP contribution in [0.4, 0.5) is 14.5 Å². The monoisotopic (exact) mass is 321 g/mol. The minimum atomic E-state index is -2.96. The third-order valence-electron chi connectivity index (χ3n) is 3.06. The zero-order valence-corrected chi connectivity index (χ0v) is 12.8. The Balaban J connectivity index is 2.02. The number of benzene rings is 2. The van der Waals surface area contributed by atoms with E-state index in [-0.39, 0.29) is 11.4 Å². The maximum absolute atomic E-state index is 12.4. The second-order valence-corrected chi connectivity index (χ2v) is 4.94. The molecule has 0 aliphatic rings. The van der Waals surface area contributed by atoms with Crippen molar-refractivity contribution in [1.29, 1.82) is 0 Å². The first-order valence-corrected chi connectivity index (χ1v) is 7.03. The molecule has 0 heterocycles. The van der Waals surface area contributed by atoms with Gasteiger partial charge >= 0.3 is 6.61 Å². The van der Waals surface area contributed by atoms with E-state index in [0.29, 0.717) is 5.75 Å². The molecule has 0 bridgehead atoms. The van der Waals surface area contributed by atoms with Gasteiger partial charge in [-0.05, 0) is 38.1 Å². The molecule has 0 aromatic heterocycles. The molecule has 0 aliphatic carbocycles. The predicted molar refractivity (Wildman–Crippen MR) is 83.0 cm³/mol. The van der Waals surface area contributed by atoms with Crippen LogP contribution in [0.3, 0.4) is 0 Å². The number of hydrogen-bond acceptors (Lipinski definition) is 3. The average molecular weight is 321 g/mol. The number of halogens is 2. The van der Waals surface area contributed by atoms with Crippen LogP contribution in [-0.4, -0.2) is 18.6 Å². The number of hydrogen-bond donors (Lipinski definition) is 1. The summed E-state index contributed by atoms with van der Waals surface area (Å²) < 4.78 is 34.6. The van der Waals surface area contributed by atoms with Crippen LogP contribution >= 0.6 is 0 Å². The summed E-state index contributed by atoms with van der Waals surface area (Å²) >= 11 is 0. The molecule has 4 nitrogen and oxygen atoms in total. The summed E-state index contributed by atoms with van der Waals surface area (Å²) in [5.74, 6) is -0.00959. The standard InChI is InChI=1S/C17H17F2NO3/c1-11-7-9-13(10-8-11)22-12(2)16(21)20-14-5-3-4-6-15(14)23-17(18)19/h3-10,12,17H,1-2H3,(H,20,21)/t12-/m0/s1. The van der Waals surface area contributed by atoms with Gasteiger partial charge in [-0.1, -0.05) is 29.8 Å². The SMILES string of the molecule is Cc1ccc(O[C@@H](C)C(=O)Nc2ccccc2OC(F)F)cc1. The highest BCUT2D eigenvalue weighted by Crippen LogP contribution is 2.25. The third kappa shape index (κ3) is 4.95. The van der Waals surface area contributed by atoms with E-state index in [1.807, 2.05) is 19.1 Å². The number of carbonyl (C=O) groups excluding carboxylic acids is 1. The quantitative estimate of drug-likeness (QED) is 0.875. The van der Waals surface area contributed by atoms with Gasteiger partial charge in [-0.3, -0.25) is 4.79 Å². The molecule has 0 fully saturated rings. The number of nitrogens with one attached hydrogen (secondary N) is 1. The first-order valence-electron chi connectivity index (χ1n) is 7.03. The Hall–Kier alpha value is -2.63. The van der Waals surface area contributed by atoms with Gasteiger partial charge in [0.25, 0.3) is 5.91 Å². The van der Waals surface area contributed by atoms with Crippen molar-refractivity contribution in [3.8, 4) is 11.5 Å². The molecule has 2 aromatic carbocycles. The number of amides is 1.